The number of hydrogen-bond donors (Lipinski definition) is 0. The van der Waals surface area contributed by atoms with Gasteiger partial charge in [-0.3, -0.25) is 14.3 Å². The molecular formula is C22H29N5O2. The first-order valence-corrected chi connectivity index (χ1v) is 10.3. The van der Waals surface area contributed by atoms with Gasteiger partial charge in [0, 0.05) is 43.8 Å². The smallest absolute Gasteiger partial charge is 0.261 e. The predicted molar refractivity (Wildman–Crippen MR) is 114 cm³/mol. The summed E-state index contributed by atoms with van der Waals surface area (Å²) in [5.41, 5.74) is 1.89. The van der Waals surface area contributed by atoms with Crippen molar-refractivity contribution < 1.29 is 4.42 Å². The second-order valence-electron chi connectivity index (χ2n) is 8.33. The Kier molecular flexibility index (Phi) is 5.41. The lowest BCUT2D eigenvalue weighted by Crippen LogP contribution is -2.46. The Balaban J connectivity index is 1.43. The van der Waals surface area contributed by atoms with Crippen molar-refractivity contribution in [3.05, 3.63) is 52.7 Å². The molecule has 0 bridgehead atoms. The predicted octanol–water partition coefficient (Wildman–Crippen LogP) is 3.41. The lowest BCUT2D eigenvalue weighted by atomic mass is 10.2. The number of hydrogen-bond acceptors (Lipinski definition) is 6. The van der Waals surface area contributed by atoms with Crippen molar-refractivity contribution in [3.8, 4) is 0 Å². The zero-order chi connectivity index (χ0) is 20.5. The van der Waals surface area contributed by atoms with E-state index in [1.54, 1.807) is 10.9 Å². The molecule has 1 aliphatic rings. The molecule has 1 fully saturated rings. The summed E-state index contributed by atoms with van der Waals surface area (Å²) in [6, 6.07) is 6.08. The monoisotopic (exact) mass is 395 g/mol. The molecule has 0 saturated carbocycles. The zero-order valence-electron chi connectivity index (χ0n) is 17.6. The Morgan fingerprint density at radius 3 is 2.48 bits per heavy atom. The largest absolute Gasteiger partial charge is 0.444 e. The van der Waals surface area contributed by atoms with Crippen molar-refractivity contribution in [2.75, 3.05) is 31.1 Å². The van der Waals surface area contributed by atoms with E-state index in [-0.39, 0.29) is 11.6 Å². The average molecular weight is 396 g/mol. The fourth-order valence-electron chi connectivity index (χ4n) is 3.71. The highest BCUT2D eigenvalue weighted by Crippen LogP contribution is 2.22. The van der Waals surface area contributed by atoms with E-state index in [4.69, 9.17) is 4.42 Å². The number of benzene rings is 1. The Hall–Kier alpha value is -2.67. The molecule has 3 aromatic rings. The summed E-state index contributed by atoms with van der Waals surface area (Å²) in [7, 11) is 0. The van der Waals surface area contributed by atoms with Crippen LogP contribution in [0.4, 0.5) is 5.69 Å². The molecule has 154 valence electrons. The molecule has 7 heteroatoms. The highest BCUT2D eigenvalue weighted by molar-refractivity contribution is 5.81. The van der Waals surface area contributed by atoms with Gasteiger partial charge in [-0.15, -0.1) is 0 Å². The van der Waals surface area contributed by atoms with Crippen LogP contribution in [0.2, 0.25) is 0 Å². The molecule has 0 N–H and O–H groups in total. The van der Waals surface area contributed by atoms with Crippen molar-refractivity contribution in [2.45, 2.75) is 46.2 Å². The molecular weight excluding hydrogens is 366 g/mol. The molecule has 0 atom stereocenters. The maximum Gasteiger partial charge on any atom is 0.261 e. The normalized spacial score (nSPS) is 15.7. The Labute approximate surface area is 171 Å². The summed E-state index contributed by atoms with van der Waals surface area (Å²) in [5, 5.41) is 0.674. The summed E-state index contributed by atoms with van der Waals surface area (Å²) in [5.74, 6) is 2.09. The Morgan fingerprint density at radius 2 is 1.83 bits per heavy atom. The second-order valence-corrected chi connectivity index (χ2v) is 8.33. The van der Waals surface area contributed by atoms with Gasteiger partial charge in [0.1, 0.15) is 5.76 Å². The highest BCUT2D eigenvalue weighted by atomic mass is 16.4. The summed E-state index contributed by atoms with van der Waals surface area (Å²) in [6.45, 7) is 12.7. The molecule has 3 heterocycles. The minimum absolute atomic E-state index is 0.0214. The summed E-state index contributed by atoms with van der Waals surface area (Å²) < 4.78 is 7.51. The van der Waals surface area contributed by atoms with Crippen LogP contribution in [0, 0.1) is 0 Å². The Morgan fingerprint density at radius 1 is 1.07 bits per heavy atom. The third kappa shape index (κ3) is 4.05. The lowest BCUT2D eigenvalue weighted by Gasteiger charge is -2.35. The highest BCUT2D eigenvalue weighted by Gasteiger charge is 2.20. The standard InChI is InChI=1S/C22H29N5O2/c1-15(2)20-12-23-21(29-20)13-25-7-9-26(10-8-25)17-5-6-18-19(11-17)24-14-27(16(3)4)22(18)28/h5-6,11-12,14-16H,7-10,13H2,1-4H3. The van der Waals surface area contributed by atoms with Crippen LogP contribution in [0.1, 0.15) is 51.3 Å². The number of fused-ring (bicyclic) bond motifs is 1. The van der Waals surface area contributed by atoms with Crippen molar-refractivity contribution in [2.24, 2.45) is 0 Å². The van der Waals surface area contributed by atoms with E-state index in [2.05, 4.69) is 33.6 Å². The van der Waals surface area contributed by atoms with Crippen molar-refractivity contribution in [1.29, 1.82) is 0 Å². The van der Waals surface area contributed by atoms with E-state index in [9.17, 15) is 4.79 Å². The number of aromatic nitrogens is 3. The minimum Gasteiger partial charge on any atom is -0.444 e. The van der Waals surface area contributed by atoms with E-state index in [1.807, 2.05) is 38.2 Å². The molecule has 4 rings (SSSR count). The van der Waals surface area contributed by atoms with Gasteiger partial charge in [0.15, 0.2) is 0 Å². The van der Waals surface area contributed by atoms with Crippen molar-refractivity contribution >= 4 is 16.6 Å². The van der Waals surface area contributed by atoms with Crippen molar-refractivity contribution in [3.63, 3.8) is 0 Å². The molecule has 1 aromatic carbocycles. The van der Waals surface area contributed by atoms with E-state index < -0.39 is 0 Å². The minimum atomic E-state index is 0.0214. The molecule has 29 heavy (non-hydrogen) atoms. The van der Waals surface area contributed by atoms with Crippen LogP contribution < -0.4 is 10.5 Å². The van der Waals surface area contributed by atoms with Crippen molar-refractivity contribution in [1.82, 2.24) is 19.4 Å². The van der Waals surface area contributed by atoms with Crippen LogP contribution in [0.15, 0.2) is 39.9 Å². The van der Waals surface area contributed by atoms with Gasteiger partial charge in [-0.1, -0.05) is 13.8 Å². The Bertz CT molecular complexity index is 1040. The van der Waals surface area contributed by atoms with Crippen LogP contribution in [0.3, 0.4) is 0 Å². The van der Waals surface area contributed by atoms with Gasteiger partial charge in [0.2, 0.25) is 5.89 Å². The van der Waals surface area contributed by atoms with Gasteiger partial charge in [-0.2, -0.15) is 0 Å². The van der Waals surface area contributed by atoms with Gasteiger partial charge >= 0.3 is 0 Å². The molecule has 7 nitrogen and oxygen atoms in total. The second kappa shape index (κ2) is 7.99. The van der Waals surface area contributed by atoms with E-state index in [1.165, 1.54) is 0 Å². The molecule has 1 saturated heterocycles. The number of oxazole rings is 1. The van der Waals surface area contributed by atoms with Crippen LogP contribution in [-0.2, 0) is 6.54 Å². The summed E-state index contributed by atoms with van der Waals surface area (Å²) >= 11 is 0. The van der Waals surface area contributed by atoms with E-state index in [0.29, 0.717) is 11.3 Å². The lowest BCUT2D eigenvalue weighted by molar-refractivity contribution is 0.223. The van der Waals surface area contributed by atoms with E-state index in [0.717, 1.165) is 55.6 Å². The molecule has 0 aliphatic carbocycles. The SMILES string of the molecule is CC(C)c1cnc(CN2CCN(c3ccc4c(=O)n(C(C)C)cnc4c3)CC2)o1. The number of nitrogens with zero attached hydrogens (tertiary/aromatic N) is 5. The van der Waals surface area contributed by atoms with Gasteiger partial charge in [0.25, 0.3) is 5.56 Å². The molecule has 0 radical (unpaired) electrons. The number of rotatable bonds is 5. The molecule has 0 unspecified atom stereocenters. The first-order chi connectivity index (χ1) is 13.9. The first kappa shape index (κ1) is 19.6. The van der Waals surface area contributed by atoms with E-state index >= 15 is 0 Å². The maximum atomic E-state index is 12.6. The third-order valence-corrected chi connectivity index (χ3v) is 5.56. The zero-order valence-corrected chi connectivity index (χ0v) is 17.6. The number of piperazine rings is 1. The topological polar surface area (TPSA) is 67.4 Å². The van der Waals surface area contributed by atoms with Gasteiger partial charge in [-0.25, -0.2) is 9.97 Å². The molecule has 1 aliphatic heterocycles. The third-order valence-electron chi connectivity index (χ3n) is 5.56. The molecule has 2 aromatic heterocycles. The number of anilines is 1. The fourth-order valence-corrected chi connectivity index (χ4v) is 3.71. The fraction of sp³-hybridized carbons (Fsp3) is 0.500. The molecule has 0 spiro atoms. The van der Waals surface area contributed by atoms with Crippen LogP contribution >= 0.6 is 0 Å². The van der Waals surface area contributed by atoms with Gasteiger partial charge in [0.05, 0.1) is 30.0 Å². The summed E-state index contributed by atoms with van der Waals surface area (Å²) in [6.07, 6.45) is 3.49. The first-order valence-electron chi connectivity index (χ1n) is 10.3. The summed E-state index contributed by atoms with van der Waals surface area (Å²) in [4.78, 5) is 26.2. The van der Waals surface area contributed by atoms with Gasteiger partial charge < -0.3 is 9.32 Å². The average Bonchev–Trinajstić information content (AvgIpc) is 3.17. The van der Waals surface area contributed by atoms with Gasteiger partial charge in [-0.05, 0) is 32.0 Å². The maximum absolute atomic E-state index is 12.6. The quantitative estimate of drug-likeness (QED) is 0.660. The van der Waals surface area contributed by atoms with Crippen LogP contribution in [0.25, 0.3) is 10.9 Å². The van der Waals surface area contributed by atoms with Crippen LogP contribution in [0.5, 0.6) is 0 Å². The molecule has 0 amide bonds. The van der Waals surface area contributed by atoms with Crippen LogP contribution in [-0.4, -0.2) is 45.6 Å².